The summed E-state index contributed by atoms with van der Waals surface area (Å²) in [5.74, 6) is -1.50. The number of hydrogen-bond acceptors (Lipinski definition) is 6. The summed E-state index contributed by atoms with van der Waals surface area (Å²) < 4.78 is 46.6. The number of nitrogens with one attached hydrogen (secondary N) is 3. The molecule has 0 amide bonds. The standard InChI is InChI=1S/C18H32F3N5O/c19-18(20,21)12-7-3-1-2-5-11-6-4-10-26(11)14-9-8-13(22)15(23-14)17-25-24-16(12)27-17/h11-17,23-25H,1-10,22H2/t11-,12?,13?,14?,15?,16?,17?/m1/s1. The van der Waals surface area contributed by atoms with E-state index in [0.29, 0.717) is 12.5 Å². The fourth-order valence-electron chi connectivity index (χ4n) is 5.28. The molecule has 0 radical (unpaired) electrons. The van der Waals surface area contributed by atoms with Gasteiger partial charge < -0.3 is 10.5 Å². The lowest BCUT2D eigenvalue weighted by Crippen LogP contribution is -2.65. The van der Waals surface area contributed by atoms with Crippen LogP contribution in [0.3, 0.4) is 0 Å². The smallest absolute Gasteiger partial charge is 0.340 e. The van der Waals surface area contributed by atoms with Gasteiger partial charge in [0, 0.05) is 12.1 Å². The van der Waals surface area contributed by atoms with Crippen LogP contribution in [-0.2, 0) is 4.74 Å². The van der Waals surface area contributed by atoms with Gasteiger partial charge in [0.25, 0.3) is 0 Å². The van der Waals surface area contributed by atoms with Crippen LogP contribution in [0.4, 0.5) is 13.2 Å². The average molecular weight is 391 g/mol. The lowest BCUT2D eigenvalue weighted by Gasteiger charge is -2.43. The van der Waals surface area contributed by atoms with E-state index in [9.17, 15) is 13.2 Å². The fraction of sp³-hybridized carbons (Fsp3) is 1.00. The maximum absolute atomic E-state index is 13.6. The van der Waals surface area contributed by atoms with E-state index in [1.165, 1.54) is 12.8 Å². The Morgan fingerprint density at radius 1 is 0.889 bits per heavy atom. The number of rotatable bonds is 0. The molecule has 4 saturated heterocycles. The van der Waals surface area contributed by atoms with Crippen LogP contribution < -0.4 is 21.9 Å². The topological polar surface area (TPSA) is 74.6 Å². The molecule has 0 aromatic heterocycles. The van der Waals surface area contributed by atoms with Gasteiger partial charge in [-0.2, -0.15) is 13.2 Å². The van der Waals surface area contributed by atoms with Crippen LogP contribution in [-0.4, -0.2) is 54.4 Å². The number of nitrogens with zero attached hydrogens (tertiary/aromatic N) is 1. The van der Waals surface area contributed by atoms with Crippen molar-refractivity contribution in [2.45, 2.75) is 101 Å². The van der Waals surface area contributed by atoms with Crippen LogP contribution in [0.25, 0.3) is 0 Å². The first-order chi connectivity index (χ1) is 12.9. The molecule has 0 spiro atoms. The Balaban J connectivity index is 1.53. The molecule has 6 unspecified atom stereocenters. The molecule has 4 aliphatic rings. The zero-order chi connectivity index (χ0) is 19.0. The van der Waals surface area contributed by atoms with E-state index < -0.39 is 24.6 Å². The predicted octanol–water partition coefficient (Wildman–Crippen LogP) is 1.78. The number of ether oxygens (including phenoxy) is 1. The highest BCUT2D eigenvalue weighted by molar-refractivity contribution is 4.97. The Morgan fingerprint density at radius 3 is 2.44 bits per heavy atom. The minimum absolute atomic E-state index is 0.0940. The molecule has 0 aromatic rings. The monoisotopic (exact) mass is 391 g/mol. The third kappa shape index (κ3) is 4.28. The van der Waals surface area contributed by atoms with Crippen LogP contribution in [0.5, 0.6) is 0 Å². The number of nitrogens with two attached hydrogens (primary N) is 1. The Bertz CT molecular complexity index is 508. The summed E-state index contributed by atoms with van der Waals surface area (Å²) in [6, 6.07) is 0.180. The number of hydrogen-bond donors (Lipinski definition) is 4. The van der Waals surface area contributed by atoms with Crippen LogP contribution >= 0.6 is 0 Å². The number of piperidine rings is 1. The largest absolute Gasteiger partial charge is 0.395 e. The van der Waals surface area contributed by atoms with Gasteiger partial charge in [0.05, 0.1) is 18.1 Å². The summed E-state index contributed by atoms with van der Waals surface area (Å²) >= 11 is 0. The highest BCUT2D eigenvalue weighted by Crippen LogP contribution is 2.36. The van der Waals surface area contributed by atoms with Crippen molar-refractivity contribution in [2.24, 2.45) is 11.7 Å². The molecular formula is C18H32F3N5O. The Kier molecular flexibility index (Phi) is 5.97. The highest BCUT2D eigenvalue weighted by Gasteiger charge is 2.50. The Morgan fingerprint density at radius 2 is 1.63 bits per heavy atom. The third-order valence-electron chi connectivity index (χ3n) is 6.77. The van der Waals surface area contributed by atoms with E-state index in [1.54, 1.807) is 0 Å². The first kappa shape index (κ1) is 19.8. The summed E-state index contributed by atoms with van der Waals surface area (Å²) in [6.07, 6.45) is 2.10. The summed E-state index contributed by atoms with van der Waals surface area (Å²) in [7, 11) is 0. The average Bonchev–Trinajstić information content (AvgIpc) is 3.26. The Labute approximate surface area is 158 Å². The van der Waals surface area contributed by atoms with E-state index in [-0.39, 0.29) is 24.7 Å². The van der Waals surface area contributed by atoms with E-state index in [1.807, 2.05) is 0 Å². The highest BCUT2D eigenvalue weighted by atomic mass is 19.4. The van der Waals surface area contributed by atoms with Crippen molar-refractivity contribution in [1.82, 2.24) is 21.1 Å². The molecule has 9 heteroatoms. The minimum Gasteiger partial charge on any atom is -0.340 e. The summed E-state index contributed by atoms with van der Waals surface area (Å²) in [5.41, 5.74) is 12.0. The van der Waals surface area contributed by atoms with E-state index in [2.05, 4.69) is 21.1 Å². The summed E-state index contributed by atoms with van der Waals surface area (Å²) in [5, 5.41) is 3.60. The molecule has 6 nitrogen and oxygen atoms in total. The minimum atomic E-state index is -4.28. The van der Waals surface area contributed by atoms with Crippen molar-refractivity contribution < 1.29 is 17.9 Å². The second-order valence-corrected chi connectivity index (χ2v) is 8.54. The van der Waals surface area contributed by atoms with Gasteiger partial charge in [0.15, 0.2) is 0 Å². The zero-order valence-electron chi connectivity index (χ0n) is 15.7. The molecule has 4 aliphatic heterocycles. The normalized spacial score (nSPS) is 44.7. The fourth-order valence-corrected chi connectivity index (χ4v) is 5.28. The summed E-state index contributed by atoms with van der Waals surface area (Å²) in [4.78, 5) is 2.56. The first-order valence-electron chi connectivity index (χ1n) is 10.4. The number of alkyl halides is 3. The second kappa shape index (κ2) is 8.12. The second-order valence-electron chi connectivity index (χ2n) is 8.54. The molecule has 5 N–H and O–H groups in total. The Hall–Kier alpha value is -0.450. The molecule has 7 atom stereocenters. The molecule has 27 heavy (non-hydrogen) atoms. The molecule has 4 rings (SSSR count). The van der Waals surface area contributed by atoms with Crippen LogP contribution in [0.2, 0.25) is 0 Å². The first-order valence-corrected chi connectivity index (χ1v) is 10.4. The van der Waals surface area contributed by atoms with Gasteiger partial charge in [-0.1, -0.05) is 19.3 Å². The van der Waals surface area contributed by atoms with Gasteiger partial charge in [0.1, 0.15) is 12.5 Å². The maximum Gasteiger partial charge on any atom is 0.395 e. The van der Waals surface area contributed by atoms with Crippen LogP contribution in [0.1, 0.15) is 57.8 Å². The van der Waals surface area contributed by atoms with Crippen molar-refractivity contribution in [2.75, 3.05) is 6.54 Å². The van der Waals surface area contributed by atoms with Gasteiger partial charge in [-0.25, -0.2) is 10.9 Å². The quantitative estimate of drug-likeness (QED) is 0.505. The number of fused-ring (bicyclic) bond motifs is 7. The van der Waals surface area contributed by atoms with Gasteiger partial charge in [-0.15, -0.1) is 0 Å². The zero-order valence-corrected chi connectivity index (χ0v) is 15.7. The van der Waals surface area contributed by atoms with Crippen molar-refractivity contribution in [3.05, 3.63) is 0 Å². The number of halogens is 3. The van der Waals surface area contributed by atoms with Gasteiger partial charge >= 0.3 is 6.18 Å². The number of hydrazine groups is 1. The van der Waals surface area contributed by atoms with Gasteiger partial charge in [0.2, 0.25) is 0 Å². The summed E-state index contributed by atoms with van der Waals surface area (Å²) in [6.45, 7) is 1.08. The molecule has 0 saturated carbocycles. The SMILES string of the molecule is NC1CCC2NC1C1NNC(O1)C(C(F)(F)F)CCCCC[C@@H]1CCCN21. The molecule has 4 fully saturated rings. The van der Waals surface area contributed by atoms with Crippen LogP contribution in [0.15, 0.2) is 0 Å². The third-order valence-corrected chi connectivity index (χ3v) is 6.77. The lowest BCUT2D eigenvalue weighted by molar-refractivity contribution is -0.211. The van der Waals surface area contributed by atoms with E-state index in [4.69, 9.17) is 10.5 Å². The molecule has 0 aliphatic carbocycles. The van der Waals surface area contributed by atoms with Gasteiger partial charge in [-0.3, -0.25) is 10.2 Å². The van der Waals surface area contributed by atoms with Crippen LogP contribution in [0, 0.1) is 5.92 Å². The van der Waals surface area contributed by atoms with Crippen molar-refractivity contribution in [1.29, 1.82) is 0 Å². The van der Waals surface area contributed by atoms with Gasteiger partial charge in [-0.05, 0) is 45.1 Å². The molecule has 156 valence electrons. The van der Waals surface area contributed by atoms with E-state index in [0.717, 1.165) is 38.6 Å². The molecule has 4 bridgehead atoms. The molecule has 0 aromatic carbocycles. The van der Waals surface area contributed by atoms with Crippen molar-refractivity contribution in [3.8, 4) is 0 Å². The predicted molar refractivity (Wildman–Crippen MR) is 95.2 cm³/mol. The maximum atomic E-state index is 13.6. The lowest BCUT2D eigenvalue weighted by atomic mass is 9.94. The van der Waals surface area contributed by atoms with E-state index >= 15 is 0 Å². The molecular weight excluding hydrogens is 359 g/mol. The van der Waals surface area contributed by atoms with Crippen molar-refractivity contribution >= 4 is 0 Å². The van der Waals surface area contributed by atoms with Crippen molar-refractivity contribution in [3.63, 3.8) is 0 Å². The molecule has 4 heterocycles.